The lowest BCUT2D eigenvalue weighted by Gasteiger charge is -2.26. The molecule has 0 saturated heterocycles. The molecule has 0 saturated carbocycles. The fourth-order valence-electron chi connectivity index (χ4n) is 2.64. The number of amides is 2. The van der Waals surface area contributed by atoms with Gasteiger partial charge in [0.05, 0.1) is 20.3 Å². The first-order chi connectivity index (χ1) is 11.7. The van der Waals surface area contributed by atoms with Gasteiger partial charge in [0.15, 0.2) is 0 Å². The minimum atomic E-state index is -0.275. The van der Waals surface area contributed by atoms with Crippen molar-refractivity contribution in [3.63, 3.8) is 0 Å². The van der Waals surface area contributed by atoms with Gasteiger partial charge in [0.25, 0.3) is 0 Å². The fourth-order valence-corrected chi connectivity index (χ4v) is 2.64. The van der Waals surface area contributed by atoms with Gasteiger partial charge in [0.1, 0.15) is 23.9 Å². The highest BCUT2D eigenvalue weighted by Crippen LogP contribution is 2.28. The topological polar surface area (TPSA) is 68.8 Å². The summed E-state index contributed by atoms with van der Waals surface area (Å²) in [6, 6.07) is 12.5. The molecule has 24 heavy (non-hydrogen) atoms. The molecule has 2 aromatic rings. The summed E-state index contributed by atoms with van der Waals surface area (Å²) < 4.78 is 16.1. The number of benzene rings is 2. The molecule has 0 fully saturated rings. The van der Waals surface area contributed by atoms with Crippen molar-refractivity contribution in [1.29, 1.82) is 0 Å². The normalized spacial score (nSPS) is 15.7. The molecular weight excluding hydrogens is 308 g/mol. The number of rotatable bonds is 4. The second kappa shape index (κ2) is 7.12. The second-order valence-corrected chi connectivity index (χ2v) is 5.52. The van der Waals surface area contributed by atoms with Gasteiger partial charge in [0, 0.05) is 11.8 Å². The lowest BCUT2D eigenvalue weighted by Crippen LogP contribution is -2.44. The van der Waals surface area contributed by atoms with E-state index in [1.807, 2.05) is 30.3 Å². The van der Waals surface area contributed by atoms with Crippen molar-refractivity contribution in [3.05, 3.63) is 48.0 Å². The summed E-state index contributed by atoms with van der Waals surface area (Å²) in [5, 5.41) is 5.73. The highest BCUT2D eigenvalue weighted by Gasteiger charge is 2.22. The van der Waals surface area contributed by atoms with Crippen LogP contribution < -0.4 is 24.8 Å². The standard InChI is InChI=1S/C18H20N2O4/c1-22-15-5-3-4-13(10-15)19-18(21)20-14-8-12-9-16(23-2)6-7-17(12)24-11-14/h3-7,9-10,14H,8,11H2,1-2H3,(H2,19,20,21). The Hall–Kier alpha value is -2.89. The second-order valence-electron chi connectivity index (χ2n) is 5.52. The molecule has 6 nitrogen and oxygen atoms in total. The number of ether oxygens (including phenoxy) is 3. The van der Waals surface area contributed by atoms with E-state index in [4.69, 9.17) is 14.2 Å². The molecule has 0 bridgehead atoms. The first-order valence-electron chi connectivity index (χ1n) is 7.69. The first-order valence-corrected chi connectivity index (χ1v) is 7.69. The van der Waals surface area contributed by atoms with Crippen LogP contribution in [0.25, 0.3) is 0 Å². The zero-order chi connectivity index (χ0) is 16.9. The van der Waals surface area contributed by atoms with Crippen LogP contribution in [0.3, 0.4) is 0 Å². The number of carbonyl (C=O) groups excluding carboxylic acids is 1. The smallest absolute Gasteiger partial charge is 0.319 e. The zero-order valence-electron chi connectivity index (χ0n) is 13.7. The Balaban J connectivity index is 1.60. The Kier molecular flexibility index (Phi) is 4.74. The van der Waals surface area contributed by atoms with Gasteiger partial charge >= 0.3 is 6.03 Å². The van der Waals surface area contributed by atoms with Crippen LogP contribution in [0.4, 0.5) is 10.5 Å². The molecule has 1 heterocycles. The van der Waals surface area contributed by atoms with E-state index in [1.165, 1.54) is 0 Å². The molecule has 2 aromatic carbocycles. The molecule has 1 aliphatic heterocycles. The molecule has 0 aliphatic carbocycles. The molecule has 1 atom stereocenters. The Bertz CT molecular complexity index is 733. The van der Waals surface area contributed by atoms with Crippen molar-refractivity contribution in [2.24, 2.45) is 0 Å². The molecular formula is C18H20N2O4. The number of methoxy groups -OCH3 is 2. The van der Waals surface area contributed by atoms with Gasteiger partial charge in [0.2, 0.25) is 0 Å². The third kappa shape index (κ3) is 3.71. The van der Waals surface area contributed by atoms with Crippen LogP contribution in [-0.2, 0) is 6.42 Å². The zero-order valence-corrected chi connectivity index (χ0v) is 13.7. The molecule has 3 rings (SSSR count). The predicted molar refractivity (Wildman–Crippen MR) is 91.1 cm³/mol. The van der Waals surface area contributed by atoms with Crippen LogP contribution in [0.15, 0.2) is 42.5 Å². The molecule has 126 valence electrons. The number of carbonyl (C=O) groups is 1. The van der Waals surface area contributed by atoms with Gasteiger partial charge in [-0.3, -0.25) is 0 Å². The average molecular weight is 328 g/mol. The van der Waals surface area contributed by atoms with Crippen LogP contribution in [0.5, 0.6) is 17.2 Å². The van der Waals surface area contributed by atoms with Crippen molar-refractivity contribution < 1.29 is 19.0 Å². The lowest BCUT2D eigenvalue weighted by molar-refractivity contribution is 0.222. The van der Waals surface area contributed by atoms with Crippen molar-refractivity contribution in [2.45, 2.75) is 12.5 Å². The van der Waals surface area contributed by atoms with Crippen molar-refractivity contribution in [2.75, 3.05) is 26.1 Å². The minimum Gasteiger partial charge on any atom is -0.497 e. The maximum atomic E-state index is 12.2. The van der Waals surface area contributed by atoms with Gasteiger partial charge in [-0.1, -0.05) is 6.07 Å². The van der Waals surface area contributed by atoms with Gasteiger partial charge in [-0.25, -0.2) is 4.79 Å². The van der Waals surface area contributed by atoms with Crippen molar-refractivity contribution in [1.82, 2.24) is 5.32 Å². The van der Waals surface area contributed by atoms with E-state index >= 15 is 0 Å². The third-order valence-corrected chi connectivity index (χ3v) is 3.84. The number of fused-ring (bicyclic) bond motifs is 1. The Morgan fingerprint density at radius 1 is 1.12 bits per heavy atom. The van der Waals surface area contributed by atoms with Gasteiger partial charge < -0.3 is 24.8 Å². The molecule has 0 spiro atoms. The quantitative estimate of drug-likeness (QED) is 0.905. The summed E-state index contributed by atoms with van der Waals surface area (Å²) in [6.45, 7) is 0.435. The lowest BCUT2D eigenvalue weighted by atomic mass is 10.0. The molecule has 2 amide bonds. The van der Waals surface area contributed by atoms with Gasteiger partial charge in [-0.15, -0.1) is 0 Å². The Labute approximate surface area is 140 Å². The van der Waals surface area contributed by atoms with E-state index in [0.717, 1.165) is 17.1 Å². The highest BCUT2D eigenvalue weighted by atomic mass is 16.5. The first kappa shape index (κ1) is 16.0. The summed E-state index contributed by atoms with van der Waals surface area (Å²) in [5.74, 6) is 2.30. The summed E-state index contributed by atoms with van der Waals surface area (Å²) in [4.78, 5) is 12.2. The highest BCUT2D eigenvalue weighted by molar-refractivity contribution is 5.89. The maximum absolute atomic E-state index is 12.2. The summed E-state index contributed by atoms with van der Waals surface area (Å²) in [7, 11) is 3.22. The van der Waals surface area contributed by atoms with E-state index in [2.05, 4.69) is 10.6 Å². The largest absolute Gasteiger partial charge is 0.497 e. The molecule has 2 N–H and O–H groups in total. The van der Waals surface area contributed by atoms with Gasteiger partial charge in [-0.2, -0.15) is 0 Å². The summed E-state index contributed by atoms with van der Waals surface area (Å²) >= 11 is 0. The predicted octanol–water partition coefficient (Wildman–Crippen LogP) is 2.83. The SMILES string of the molecule is COc1cccc(NC(=O)NC2COc3ccc(OC)cc3C2)c1. The molecule has 6 heteroatoms. The van der Waals surface area contributed by atoms with Crippen LogP contribution in [0, 0.1) is 0 Å². The van der Waals surface area contributed by atoms with Crippen molar-refractivity contribution in [3.8, 4) is 17.2 Å². The monoisotopic (exact) mass is 328 g/mol. The number of anilines is 1. The van der Waals surface area contributed by atoms with Crippen LogP contribution in [-0.4, -0.2) is 32.9 Å². The Morgan fingerprint density at radius 2 is 1.92 bits per heavy atom. The minimum absolute atomic E-state index is 0.102. The van der Waals surface area contributed by atoms with Gasteiger partial charge in [-0.05, 0) is 42.3 Å². The van der Waals surface area contributed by atoms with E-state index in [0.29, 0.717) is 24.5 Å². The van der Waals surface area contributed by atoms with E-state index in [-0.39, 0.29) is 12.1 Å². The van der Waals surface area contributed by atoms with E-state index in [9.17, 15) is 4.79 Å². The van der Waals surface area contributed by atoms with E-state index < -0.39 is 0 Å². The molecule has 0 aromatic heterocycles. The summed E-state index contributed by atoms with van der Waals surface area (Å²) in [5.41, 5.74) is 1.69. The van der Waals surface area contributed by atoms with Crippen LogP contribution in [0.1, 0.15) is 5.56 Å². The fraction of sp³-hybridized carbons (Fsp3) is 0.278. The number of nitrogens with one attached hydrogen (secondary N) is 2. The maximum Gasteiger partial charge on any atom is 0.319 e. The van der Waals surface area contributed by atoms with E-state index in [1.54, 1.807) is 26.4 Å². The average Bonchev–Trinajstić information content (AvgIpc) is 2.61. The third-order valence-electron chi connectivity index (χ3n) is 3.84. The Morgan fingerprint density at radius 3 is 2.71 bits per heavy atom. The summed E-state index contributed by atoms with van der Waals surface area (Å²) in [6.07, 6.45) is 0.693. The van der Waals surface area contributed by atoms with Crippen molar-refractivity contribution >= 4 is 11.7 Å². The number of hydrogen-bond acceptors (Lipinski definition) is 4. The van der Waals surface area contributed by atoms with Crippen LogP contribution in [0.2, 0.25) is 0 Å². The van der Waals surface area contributed by atoms with Crippen LogP contribution >= 0.6 is 0 Å². The molecule has 0 radical (unpaired) electrons. The molecule has 1 unspecified atom stereocenters. The number of hydrogen-bond donors (Lipinski definition) is 2. The number of urea groups is 1. The molecule has 1 aliphatic rings.